The maximum atomic E-state index is 10.6. The molecule has 4 aliphatic carbocycles. The summed E-state index contributed by atoms with van der Waals surface area (Å²) in [6.45, 7) is 20.4. The highest BCUT2D eigenvalue weighted by Crippen LogP contribution is 2.79. The Bertz CT molecular complexity index is 705. The molecule has 0 spiro atoms. The fraction of sp³-hybridized carbons (Fsp3) is 1.00. The minimum Gasteiger partial charge on any atom is -0.393 e. The van der Waals surface area contributed by atoms with E-state index in [2.05, 4.69) is 55.4 Å². The molecule has 0 radical (unpaired) electrons. The van der Waals surface area contributed by atoms with Crippen LogP contribution in [0, 0.1) is 50.7 Å². The van der Waals surface area contributed by atoms with Gasteiger partial charge in [0.15, 0.2) is 0 Å². The van der Waals surface area contributed by atoms with Crippen LogP contribution in [0.25, 0.3) is 0 Å². The van der Waals surface area contributed by atoms with Crippen LogP contribution >= 0.6 is 0 Å². The molecule has 0 aromatic rings. The van der Waals surface area contributed by atoms with Crippen LogP contribution in [0.2, 0.25) is 0 Å². The molecule has 186 valence electrons. The fourth-order valence-electron chi connectivity index (χ4n) is 10.6. The van der Waals surface area contributed by atoms with E-state index in [-0.39, 0.29) is 23.0 Å². The van der Waals surface area contributed by atoms with Crippen LogP contribution in [0.15, 0.2) is 0 Å². The van der Waals surface area contributed by atoms with Crippen LogP contribution in [0.1, 0.15) is 126 Å². The van der Waals surface area contributed by atoms with Gasteiger partial charge in [0.05, 0.1) is 6.10 Å². The molecule has 0 bridgehead atoms. The van der Waals surface area contributed by atoms with Gasteiger partial charge in [0.2, 0.25) is 0 Å². The summed E-state index contributed by atoms with van der Waals surface area (Å²) in [6, 6.07) is 0.210. The molecule has 10 atom stereocenters. The average Bonchev–Trinajstić information content (AvgIpc) is 2.98. The summed E-state index contributed by atoms with van der Waals surface area (Å²) < 4.78 is 0. The smallest absolute Gasteiger partial charge is 0.0546 e. The Hall–Kier alpha value is -0.0800. The Balaban J connectivity index is 1.64. The van der Waals surface area contributed by atoms with Crippen LogP contribution in [-0.2, 0) is 0 Å². The van der Waals surface area contributed by atoms with E-state index in [4.69, 9.17) is 5.73 Å². The van der Waals surface area contributed by atoms with Gasteiger partial charge in [0.25, 0.3) is 0 Å². The largest absolute Gasteiger partial charge is 0.393 e. The standard InChI is InChI=1S/C30H55NO/c1-20(2)10-9-11-21(3)23-13-14-27(5)24-18-25(31)29(7)19-22(32)12-15-30(29,8)28(24,6)17-16-26(23,27)4/h20-25,32H,9-19,31H2,1-8H3/t21-,22-,23?,24-,25-,26+,27-,28-,29+,30+/m0/s1. The molecule has 0 aliphatic heterocycles. The van der Waals surface area contributed by atoms with Crippen molar-refractivity contribution in [2.24, 2.45) is 56.5 Å². The topological polar surface area (TPSA) is 46.2 Å². The van der Waals surface area contributed by atoms with Gasteiger partial charge in [0, 0.05) is 6.04 Å². The van der Waals surface area contributed by atoms with Crippen molar-refractivity contribution in [1.82, 2.24) is 0 Å². The summed E-state index contributed by atoms with van der Waals surface area (Å²) in [6.07, 6.45) is 13.7. The normalized spacial score (nSPS) is 54.1. The summed E-state index contributed by atoms with van der Waals surface area (Å²) in [4.78, 5) is 0. The number of nitrogens with two attached hydrogens (primary N) is 1. The summed E-state index contributed by atoms with van der Waals surface area (Å²) in [5.74, 6) is 3.25. The molecule has 4 saturated carbocycles. The van der Waals surface area contributed by atoms with Crippen LogP contribution in [0.5, 0.6) is 0 Å². The summed E-state index contributed by atoms with van der Waals surface area (Å²) >= 11 is 0. The van der Waals surface area contributed by atoms with Crippen molar-refractivity contribution >= 4 is 0 Å². The van der Waals surface area contributed by atoms with Crippen molar-refractivity contribution in [2.75, 3.05) is 0 Å². The molecule has 0 aromatic heterocycles. The van der Waals surface area contributed by atoms with Crippen molar-refractivity contribution in [3.05, 3.63) is 0 Å². The number of rotatable bonds is 5. The third-order valence-electron chi connectivity index (χ3n) is 13.4. The van der Waals surface area contributed by atoms with Crippen LogP contribution in [0.4, 0.5) is 0 Å². The Kier molecular flexibility index (Phi) is 6.24. The zero-order valence-electron chi connectivity index (χ0n) is 22.8. The third-order valence-corrected chi connectivity index (χ3v) is 13.4. The highest BCUT2D eigenvalue weighted by Gasteiger charge is 2.73. The lowest BCUT2D eigenvalue weighted by Gasteiger charge is -2.74. The quantitative estimate of drug-likeness (QED) is 0.458. The molecule has 0 saturated heterocycles. The second kappa shape index (κ2) is 7.97. The minimum absolute atomic E-state index is 0.0577. The van der Waals surface area contributed by atoms with E-state index in [1.54, 1.807) is 0 Å². The van der Waals surface area contributed by atoms with Crippen molar-refractivity contribution in [1.29, 1.82) is 0 Å². The van der Waals surface area contributed by atoms with Crippen LogP contribution in [-0.4, -0.2) is 17.3 Å². The Morgan fingerprint density at radius 2 is 1.47 bits per heavy atom. The molecule has 0 aromatic carbocycles. The fourth-order valence-corrected chi connectivity index (χ4v) is 10.6. The first-order valence-corrected chi connectivity index (χ1v) is 14.2. The lowest BCUT2D eigenvalue weighted by molar-refractivity contribution is -0.252. The minimum atomic E-state index is -0.161. The second-order valence-corrected chi connectivity index (χ2v) is 14.7. The molecule has 1 unspecified atom stereocenters. The van der Waals surface area contributed by atoms with Gasteiger partial charge in [-0.1, -0.05) is 74.7 Å². The lowest BCUT2D eigenvalue weighted by Crippen LogP contribution is -2.71. The van der Waals surface area contributed by atoms with Gasteiger partial charge in [-0.3, -0.25) is 0 Å². The molecular weight excluding hydrogens is 390 g/mol. The van der Waals surface area contributed by atoms with E-state index in [9.17, 15) is 5.11 Å². The van der Waals surface area contributed by atoms with E-state index in [1.165, 1.54) is 44.9 Å². The van der Waals surface area contributed by atoms with Crippen molar-refractivity contribution in [3.8, 4) is 0 Å². The second-order valence-electron chi connectivity index (χ2n) is 14.7. The summed E-state index contributed by atoms with van der Waals surface area (Å²) in [5.41, 5.74) is 8.57. The summed E-state index contributed by atoms with van der Waals surface area (Å²) in [7, 11) is 0. The van der Waals surface area contributed by atoms with Crippen molar-refractivity contribution in [3.63, 3.8) is 0 Å². The van der Waals surface area contributed by atoms with Gasteiger partial charge in [-0.25, -0.2) is 0 Å². The molecular formula is C30H55NO. The van der Waals surface area contributed by atoms with Crippen molar-refractivity contribution < 1.29 is 5.11 Å². The molecule has 3 N–H and O–H groups in total. The van der Waals surface area contributed by atoms with Crippen LogP contribution < -0.4 is 5.73 Å². The highest BCUT2D eigenvalue weighted by atomic mass is 16.3. The molecule has 0 heterocycles. The zero-order valence-corrected chi connectivity index (χ0v) is 22.8. The van der Waals surface area contributed by atoms with Gasteiger partial charge < -0.3 is 10.8 Å². The van der Waals surface area contributed by atoms with E-state index >= 15 is 0 Å². The van der Waals surface area contributed by atoms with E-state index < -0.39 is 0 Å². The first kappa shape index (κ1) is 25.0. The lowest BCUT2D eigenvalue weighted by atomic mass is 9.31. The average molecular weight is 446 g/mol. The number of hydrogen-bond acceptors (Lipinski definition) is 2. The molecule has 0 amide bonds. The molecule has 2 nitrogen and oxygen atoms in total. The predicted octanol–water partition coefficient (Wildman–Crippen LogP) is 7.58. The van der Waals surface area contributed by atoms with Crippen molar-refractivity contribution in [2.45, 2.75) is 138 Å². The molecule has 4 aliphatic rings. The molecule has 32 heavy (non-hydrogen) atoms. The van der Waals surface area contributed by atoms with E-state index in [0.29, 0.717) is 22.2 Å². The molecule has 4 fully saturated rings. The number of hydrogen-bond donors (Lipinski definition) is 2. The van der Waals surface area contributed by atoms with E-state index in [1.807, 2.05) is 0 Å². The first-order chi connectivity index (χ1) is 14.8. The van der Waals surface area contributed by atoms with Crippen LogP contribution in [0.3, 0.4) is 0 Å². The third kappa shape index (κ3) is 3.16. The van der Waals surface area contributed by atoms with Gasteiger partial charge in [-0.05, 0) is 102 Å². The number of aliphatic hydroxyl groups is 1. The van der Waals surface area contributed by atoms with Gasteiger partial charge in [-0.2, -0.15) is 0 Å². The summed E-state index contributed by atoms with van der Waals surface area (Å²) in [5, 5.41) is 10.6. The number of aliphatic hydroxyl groups excluding tert-OH is 1. The first-order valence-electron chi connectivity index (χ1n) is 14.2. The Morgan fingerprint density at radius 3 is 2.12 bits per heavy atom. The Morgan fingerprint density at radius 1 is 0.812 bits per heavy atom. The van der Waals surface area contributed by atoms with Gasteiger partial charge in [0.1, 0.15) is 0 Å². The van der Waals surface area contributed by atoms with E-state index in [0.717, 1.165) is 43.4 Å². The predicted molar refractivity (Wildman–Crippen MR) is 136 cm³/mol. The molecule has 4 rings (SSSR count). The van der Waals surface area contributed by atoms with Gasteiger partial charge >= 0.3 is 0 Å². The van der Waals surface area contributed by atoms with Gasteiger partial charge in [-0.15, -0.1) is 0 Å². The maximum Gasteiger partial charge on any atom is 0.0546 e. The number of fused-ring (bicyclic) bond motifs is 5. The highest BCUT2D eigenvalue weighted by molar-refractivity contribution is 5.23. The SMILES string of the molecule is CC(C)CCC[C@H](C)C1CC[C@@]2(C)[C@@H]3C[C@H](N)[C@@]4(C)C[C@@H](O)CC[C@]4(C)[C@@]3(C)CC[C@]12C. The molecule has 2 heteroatoms. The Labute approximate surface area is 199 Å². The maximum absolute atomic E-state index is 10.6. The zero-order chi connectivity index (χ0) is 23.7. The monoisotopic (exact) mass is 445 g/mol.